The van der Waals surface area contributed by atoms with Crippen molar-refractivity contribution >= 4 is 22.4 Å². The van der Waals surface area contributed by atoms with Crippen LogP contribution in [0.2, 0.25) is 0 Å². The summed E-state index contributed by atoms with van der Waals surface area (Å²) in [5.41, 5.74) is 1.17. The molecule has 3 unspecified atom stereocenters. The molecule has 0 aliphatic carbocycles. The molecule has 2 rings (SSSR count). The minimum Gasteiger partial charge on any atom is -0.617 e. The summed E-state index contributed by atoms with van der Waals surface area (Å²) < 4.78 is 33.8. The molecule has 0 fully saturated rings. The molecule has 1 heterocycles. The lowest BCUT2D eigenvalue weighted by Gasteiger charge is -2.18. The standard InChI is InChI=1S/C18H28O3S.C11H24OS/c1-3-4-5-6-7-8-11-22(19)15(2)12-16-9-10-17-18(13-16)21-14-20-17;1-3-4-5-6-7-8-9-10-11-13(2)12/h9-10,13,15H,3-8,11-12,14H2,1-2H3;3-11H2,1-2H3. The normalized spacial score (nSPS) is 14.8. The van der Waals surface area contributed by atoms with Crippen LogP contribution in [-0.4, -0.2) is 38.9 Å². The van der Waals surface area contributed by atoms with E-state index in [1.807, 2.05) is 18.2 Å². The molecular weight excluding hydrogens is 476 g/mol. The molecule has 0 saturated heterocycles. The van der Waals surface area contributed by atoms with Crippen LogP contribution in [0.15, 0.2) is 18.2 Å². The third kappa shape index (κ3) is 16.7. The van der Waals surface area contributed by atoms with Gasteiger partial charge in [0.1, 0.15) is 16.8 Å². The van der Waals surface area contributed by atoms with Crippen LogP contribution in [0.3, 0.4) is 0 Å². The van der Waals surface area contributed by atoms with Crippen molar-refractivity contribution in [3.63, 3.8) is 0 Å². The van der Waals surface area contributed by atoms with Crippen LogP contribution in [0.4, 0.5) is 0 Å². The molecule has 1 aromatic rings. The van der Waals surface area contributed by atoms with E-state index in [0.29, 0.717) is 6.79 Å². The van der Waals surface area contributed by atoms with E-state index in [-0.39, 0.29) is 5.25 Å². The molecule has 0 saturated carbocycles. The first kappa shape index (κ1) is 32.5. The van der Waals surface area contributed by atoms with E-state index in [4.69, 9.17) is 9.47 Å². The largest absolute Gasteiger partial charge is 0.617 e. The zero-order chi connectivity index (χ0) is 25.7. The van der Waals surface area contributed by atoms with Gasteiger partial charge >= 0.3 is 0 Å². The lowest BCUT2D eigenvalue weighted by molar-refractivity contribution is 0.174. The predicted octanol–water partition coefficient (Wildman–Crippen LogP) is 7.96. The molecule has 0 N–H and O–H groups in total. The minimum atomic E-state index is -0.743. The Bertz CT molecular complexity index is 627. The van der Waals surface area contributed by atoms with E-state index in [0.717, 1.165) is 42.3 Å². The molecule has 204 valence electrons. The highest BCUT2D eigenvalue weighted by atomic mass is 32.2. The fourth-order valence-electron chi connectivity index (χ4n) is 4.16. The van der Waals surface area contributed by atoms with Gasteiger partial charge in [-0.25, -0.2) is 0 Å². The lowest BCUT2D eigenvalue weighted by Crippen LogP contribution is -2.23. The maximum absolute atomic E-state index is 12.3. The molecule has 1 aliphatic rings. The second-order valence-electron chi connectivity index (χ2n) is 9.81. The van der Waals surface area contributed by atoms with Gasteiger partial charge in [-0.1, -0.05) is 106 Å². The van der Waals surface area contributed by atoms with Crippen LogP contribution in [0.1, 0.15) is 116 Å². The summed E-state index contributed by atoms with van der Waals surface area (Å²) in [5.74, 6) is 3.35. The summed E-state index contributed by atoms with van der Waals surface area (Å²) in [7, 11) is 0. The molecule has 1 aromatic carbocycles. The van der Waals surface area contributed by atoms with Crippen LogP contribution < -0.4 is 9.47 Å². The Morgan fingerprint density at radius 1 is 0.743 bits per heavy atom. The van der Waals surface area contributed by atoms with Gasteiger partial charge in [-0.2, -0.15) is 0 Å². The molecule has 0 radical (unpaired) electrons. The van der Waals surface area contributed by atoms with Gasteiger partial charge < -0.3 is 18.6 Å². The van der Waals surface area contributed by atoms with Gasteiger partial charge in [0.25, 0.3) is 0 Å². The quantitative estimate of drug-likeness (QED) is 0.135. The van der Waals surface area contributed by atoms with Gasteiger partial charge in [0.2, 0.25) is 6.79 Å². The third-order valence-electron chi connectivity index (χ3n) is 6.39. The first-order valence-corrected chi connectivity index (χ1v) is 17.1. The van der Waals surface area contributed by atoms with Gasteiger partial charge in [-0.05, 0) is 50.3 Å². The summed E-state index contributed by atoms with van der Waals surface area (Å²) >= 11 is -1.32. The molecule has 0 bridgehead atoms. The van der Waals surface area contributed by atoms with Crippen LogP contribution in [0.25, 0.3) is 0 Å². The van der Waals surface area contributed by atoms with Gasteiger partial charge in [0.15, 0.2) is 11.5 Å². The van der Waals surface area contributed by atoms with Crippen molar-refractivity contribution in [2.24, 2.45) is 0 Å². The smallest absolute Gasteiger partial charge is 0.231 e. The van der Waals surface area contributed by atoms with E-state index < -0.39 is 22.4 Å². The Labute approximate surface area is 222 Å². The number of rotatable bonds is 19. The summed E-state index contributed by atoms with van der Waals surface area (Å²) in [6.07, 6.45) is 20.7. The van der Waals surface area contributed by atoms with E-state index >= 15 is 0 Å². The van der Waals surface area contributed by atoms with E-state index in [1.54, 1.807) is 6.26 Å². The molecule has 3 atom stereocenters. The Hall–Kier alpha value is -0.560. The SMILES string of the molecule is CCCCCCCCCC[S+](C)[O-].CCCCCCCC[S+]([O-])C(C)Cc1ccc2c(c1)OCO2. The Balaban J connectivity index is 0.000000405. The molecule has 0 aromatic heterocycles. The van der Waals surface area contributed by atoms with Crippen LogP contribution in [0.5, 0.6) is 11.5 Å². The van der Waals surface area contributed by atoms with Crippen LogP contribution >= 0.6 is 0 Å². The maximum atomic E-state index is 12.3. The number of unbranched alkanes of at least 4 members (excludes halogenated alkanes) is 12. The van der Waals surface area contributed by atoms with Gasteiger partial charge in [-0.3, -0.25) is 0 Å². The highest BCUT2D eigenvalue weighted by Crippen LogP contribution is 2.33. The Kier molecular flexibility index (Phi) is 20.0. The second kappa shape index (κ2) is 21.5. The fourth-order valence-corrected chi connectivity index (χ4v) is 6.04. The van der Waals surface area contributed by atoms with E-state index in [1.165, 1.54) is 82.6 Å². The van der Waals surface area contributed by atoms with Crippen molar-refractivity contribution in [2.45, 2.75) is 122 Å². The molecular formula is C29H52O4S2. The lowest BCUT2D eigenvalue weighted by atomic mass is 10.1. The second-order valence-corrected chi connectivity index (χ2v) is 13.3. The average Bonchev–Trinajstić information content (AvgIpc) is 3.31. The van der Waals surface area contributed by atoms with Crippen LogP contribution in [-0.2, 0) is 28.8 Å². The minimum absolute atomic E-state index is 0.191. The predicted molar refractivity (Wildman–Crippen MR) is 154 cm³/mol. The molecule has 35 heavy (non-hydrogen) atoms. The molecule has 0 amide bonds. The Morgan fingerprint density at radius 2 is 1.26 bits per heavy atom. The fraction of sp³-hybridized carbons (Fsp3) is 0.793. The number of hydrogen-bond donors (Lipinski definition) is 0. The molecule has 0 spiro atoms. The van der Waals surface area contributed by atoms with Gasteiger partial charge in [-0.15, -0.1) is 0 Å². The highest BCUT2D eigenvalue weighted by molar-refractivity contribution is 7.92. The Morgan fingerprint density at radius 3 is 1.83 bits per heavy atom. The van der Waals surface area contributed by atoms with Crippen molar-refractivity contribution in [3.05, 3.63) is 23.8 Å². The molecule has 1 aliphatic heterocycles. The third-order valence-corrected chi connectivity index (χ3v) is 9.01. The summed E-state index contributed by atoms with van der Waals surface area (Å²) in [5, 5.41) is 0.191. The van der Waals surface area contributed by atoms with Crippen molar-refractivity contribution < 1.29 is 18.6 Å². The monoisotopic (exact) mass is 528 g/mol. The molecule has 4 nitrogen and oxygen atoms in total. The summed E-state index contributed by atoms with van der Waals surface area (Å²) in [4.78, 5) is 0. The van der Waals surface area contributed by atoms with Crippen molar-refractivity contribution in [1.82, 2.24) is 0 Å². The first-order valence-electron chi connectivity index (χ1n) is 14.0. The van der Waals surface area contributed by atoms with E-state index in [9.17, 15) is 9.11 Å². The summed E-state index contributed by atoms with van der Waals surface area (Å²) in [6.45, 7) is 6.86. The highest BCUT2D eigenvalue weighted by Gasteiger charge is 2.19. The number of fused-ring (bicyclic) bond motifs is 1. The van der Waals surface area contributed by atoms with Crippen LogP contribution in [0, 0.1) is 0 Å². The average molecular weight is 529 g/mol. The van der Waals surface area contributed by atoms with Crippen molar-refractivity contribution in [3.8, 4) is 11.5 Å². The molecule has 6 heteroatoms. The van der Waals surface area contributed by atoms with E-state index in [2.05, 4.69) is 20.8 Å². The van der Waals surface area contributed by atoms with Crippen molar-refractivity contribution in [2.75, 3.05) is 24.6 Å². The summed E-state index contributed by atoms with van der Waals surface area (Å²) in [6, 6.07) is 6.01. The zero-order valence-electron chi connectivity index (χ0n) is 23.0. The first-order chi connectivity index (χ1) is 17.0. The van der Waals surface area contributed by atoms with Gasteiger partial charge in [0.05, 0.1) is 6.26 Å². The topological polar surface area (TPSA) is 64.6 Å². The number of hydrogen-bond acceptors (Lipinski definition) is 4. The zero-order valence-corrected chi connectivity index (χ0v) is 24.6. The number of ether oxygens (including phenoxy) is 2. The van der Waals surface area contributed by atoms with Crippen molar-refractivity contribution in [1.29, 1.82) is 0 Å². The maximum Gasteiger partial charge on any atom is 0.231 e. The van der Waals surface area contributed by atoms with Gasteiger partial charge in [0, 0.05) is 6.42 Å². The number of benzene rings is 1.